The summed E-state index contributed by atoms with van der Waals surface area (Å²) >= 11 is 1.88. The predicted octanol–water partition coefficient (Wildman–Crippen LogP) is 2.82. The molecule has 0 saturated heterocycles. The number of aliphatic hydroxyl groups is 1. The number of hydrogen-bond donors (Lipinski definition) is 5. The van der Waals surface area contributed by atoms with Gasteiger partial charge in [0.2, 0.25) is 5.91 Å². The third-order valence-electron chi connectivity index (χ3n) is 4.39. The first-order chi connectivity index (χ1) is 16.2. The van der Waals surface area contributed by atoms with E-state index in [-0.39, 0.29) is 18.8 Å². The molecule has 2 aromatic carbocycles. The zero-order chi connectivity index (χ0) is 25.3. The highest BCUT2D eigenvalue weighted by molar-refractivity contribution is 14.1. The average Bonchev–Trinajstić information content (AvgIpc) is 2.81. The molecule has 1 atom stereocenters. The van der Waals surface area contributed by atoms with Crippen LogP contribution in [0.1, 0.15) is 35.3 Å². The minimum atomic E-state index is -1.53. The lowest BCUT2D eigenvalue weighted by molar-refractivity contribution is -0.126. The second kappa shape index (κ2) is 13.4. The summed E-state index contributed by atoms with van der Waals surface area (Å²) in [5.41, 5.74) is 2.34. The molecule has 186 valence electrons. The normalized spacial score (nSPS) is 11.7. The Morgan fingerprint density at radius 1 is 1.18 bits per heavy atom. The standard InChI is InChI=1S/C21H24F3IN4O5/c1-3-6-26-21(32)19(28-33-2)12-10-13(20(31)29-34-8-7-30)18(17(24)16(12)23)27-15-5-4-11(25)9-14(15)22/h4-5,9-10,19,27-28,30H,3,6-8H2,1-2H3,(H,26,32)(H,29,31). The van der Waals surface area contributed by atoms with Crippen LogP contribution >= 0.6 is 22.6 Å². The lowest BCUT2D eigenvalue weighted by Crippen LogP contribution is -2.38. The highest BCUT2D eigenvalue weighted by Gasteiger charge is 2.30. The maximum Gasteiger partial charge on any atom is 0.277 e. The zero-order valence-corrected chi connectivity index (χ0v) is 20.5. The largest absolute Gasteiger partial charge is 0.394 e. The summed E-state index contributed by atoms with van der Waals surface area (Å²) in [4.78, 5) is 34.8. The average molecular weight is 596 g/mol. The highest BCUT2D eigenvalue weighted by Crippen LogP contribution is 2.33. The smallest absolute Gasteiger partial charge is 0.277 e. The van der Waals surface area contributed by atoms with E-state index in [0.29, 0.717) is 9.99 Å². The van der Waals surface area contributed by atoms with Gasteiger partial charge in [-0.15, -0.1) is 0 Å². The van der Waals surface area contributed by atoms with Crippen LogP contribution in [0.25, 0.3) is 0 Å². The molecule has 0 radical (unpaired) electrons. The molecule has 0 spiro atoms. The van der Waals surface area contributed by atoms with Crippen molar-refractivity contribution in [3.8, 4) is 0 Å². The molecule has 0 fully saturated rings. The van der Waals surface area contributed by atoms with E-state index >= 15 is 8.78 Å². The summed E-state index contributed by atoms with van der Waals surface area (Å²) in [6.45, 7) is 1.38. The molecule has 0 aliphatic carbocycles. The number of nitrogens with one attached hydrogen (secondary N) is 4. The molecule has 0 aromatic heterocycles. The molecule has 0 aliphatic heterocycles. The van der Waals surface area contributed by atoms with Gasteiger partial charge in [-0.25, -0.2) is 18.7 Å². The van der Waals surface area contributed by atoms with Crippen LogP contribution in [0.15, 0.2) is 24.3 Å². The number of amides is 2. The summed E-state index contributed by atoms with van der Waals surface area (Å²) in [6, 6.07) is 3.38. The molecule has 0 bridgehead atoms. The Labute approximate surface area is 207 Å². The van der Waals surface area contributed by atoms with Crippen LogP contribution in [-0.4, -0.2) is 43.8 Å². The number of anilines is 2. The molecular weight excluding hydrogens is 572 g/mol. The van der Waals surface area contributed by atoms with Gasteiger partial charge in [0.15, 0.2) is 11.6 Å². The van der Waals surface area contributed by atoms with Gasteiger partial charge >= 0.3 is 0 Å². The fourth-order valence-electron chi connectivity index (χ4n) is 2.83. The van der Waals surface area contributed by atoms with Crippen LogP contribution in [0.5, 0.6) is 0 Å². The Bertz CT molecular complexity index is 1030. The Kier molecular flexibility index (Phi) is 11.0. The molecule has 13 heteroatoms. The molecule has 9 nitrogen and oxygen atoms in total. The number of carbonyl (C=O) groups excluding carboxylic acids is 2. The molecule has 2 aromatic rings. The quantitative estimate of drug-likeness (QED) is 0.145. The lowest BCUT2D eigenvalue weighted by Gasteiger charge is -2.21. The van der Waals surface area contributed by atoms with Crippen LogP contribution in [0.2, 0.25) is 0 Å². The molecule has 2 rings (SSSR count). The van der Waals surface area contributed by atoms with Crippen molar-refractivity contribution in [2.75, 3.05) is 32.2 Å². The Morgan fingerprint density at radius 2 is 1.91 bits per heavy atom. The van der Waals surface area contributed by atoms with Gasteiger partial charge in [-0.05, 0) is 53.3 Å². The van der Waals surface area contributed by atoms with E-state index in [1.54, 1.807) is 6.92 Å². The van der Waals surface area contributed by atoms with Gasteiger partial charge in [0.1, 0.15) is 11.9 Å². The van der Waals surface area contributed by atoms with Crippen LogP contribution < -0.4 is 21.6 Å². The second-order valence-electron chi connectivity index (χ2n) is 6.81. The van der Waals surface area contributed by atoms with Crippen molar-refractivity contribution < 1.29 is 37.5 Å². The van der Waals surface area contributed by atoms with Crippen LogP contribution in [0.4, 0.5) is 24.5 Å². The van der Waals surface area contributed by atoms with Crippen LogP contribution in [-0.2, 0) is 14.5 Å². The Balaban J connectivity index is 2.61. The van der Waals surface area contributed by atoms with E-state index in [1.165, 1.54) is 19.2 Å². The van der Waals surface area contributed by atoms with Gasteiger partial charge in [-0.3, -0.25) is 14.4 Å². The maximum atomic E-state index is 15.3. The van der Waals surface area contributed by atoms with Crippen molar-refractivity contribution in [2.24, 2.45) is 0 Å². The van der Waals surface area contributed by atoms with Crippen LogP contribution in [0.3, 0.4) is 0 Å². The maximum absolute atomic E-state index is 15.3. The second-order valence-corrected chi connectivity index (χ2v) is 8.06. The number of halogens is 4. The van der Waals surface area contributed by atoms with Gasteiger partial charge in [0.05, 0.1) is 37.3 Å². The third-order valence-corrected chi connectivity index (χ3v) is 5.06. The SMILES string of the molecule is CCCNC(=O)C(NOC)c1cc(C(=O)NOCCO)c(Nc2ccc(I)cc2F)c(F)c1F. The van der Waals surface area contributed by atoms with Crippen molar-refractivity contribution in [3.63, 3.8) is 0 Å². The molecule has 0 aliphatic rings. The minimum absolute atomic E-state index is 0.218. The van der Waals surface area contributed by atoms with Gasteiger partial charge in [0, 0.05) is 15.7 Å². The molecule has 34 heavy (non-hydrogen) atoms. The molecule has 5 N–H and O–H groups in total. The molecule has 0 saturated carbocycles. The van der Waals surface area contributed by atoms with E-state index in [1.807, 2.05) is 28.1 Å². The van der Waals surface area contributed by atoms with E-state index in [4.69, 9.17) is 14.8 Å². The number of aliphatic hydroxyl groups excluding tert-OH is 1. The number of hydroxylamine groups is 2. The third kappa shape index (κ3) is 7.02. The zero-order valence-electron chi connectivity index (χ0n) is 18.3. The Hall–Kier alpha value is -2.46. The summed E-state index contributed by atoms with van der Waals surface area (Å²) in [5.74, 6) is -5.52. The summed E-state index contributed by atoms with van der Waals surface area (Å²) in [7, 11) is 1.18. The van der Waals surface area contributed by atoms with Gasteiger partial charge in [-0.1, -0.05) is 6.92 Å². The molecule has 2 amide bonds. The fourth-order valence-corrected chi connectivity index (χ4v) is 3.28. The number of benzene rings is 2. The van der Waals surface area contributed by atoms with E-state index in [0.717, 1.165) is 12.1 Å². The molecule has 0 heterocycles. The van der Waals surface area contributed by atoms with Gasteiger partial charge < -0.3 is 20.6 Å². The Morgan fingerprint density at radius 3 is 2.53 bits per heavy atom. The lowest BCUT2D eigenvalue weighted by atomic mass is 9.99. The molecule has 1 unspecified atom stereocenters. The van der Waals surface area contributed by atoms with E-state index < -0.39 is 58.7 Å². The number of hydrogen-bond acceptors (Lipinski definition) is 7. The monoisotopic (exact) mass is 596 g/mol. The fraction of sp³-hybridized carbons (Fsp3) is 0.333. The van der Waals surface area contributed by atoms with Crippen LogP contribution in [0, 0.1) is 21.0 Å². The van der Waals surface area contributed by atoms with Gasteiger partial charge in [0.25, 0.3) is 5.91 Å². The van der Waals surface area contributed by atoms with E-state index in [9.17, 15) is 14.0 Å². The summed E-state index contributed by atoms with van der Waals surface area (Å²) in [6.07, 6.45) is 0.586. The minimum Gasteiger partial charge on any atom is -0.394 e. The van der Waals surface area contributed by atoms with Crippen molar-refractivity contribution >= 4 is 45.8 Å². The summed E-state index contributed by atoms with van der Waals surface area (Å²) in [5, 5.41) is 13.8. The van der Waals surface area contributed by atoms with Crippen molar-refractivity contribution in [2.45, 2.75) is 19.4 Å². The highest BCUT2D eigenvalue weighted by atomic mass is 127. The first-order valence-corrected chi connectivity index (χ1v) is 11.2. The predicted molar refractivity (Wildman–Crippen MR) is 125 cm³/mol. The van der Waals surface area contributed by atoms with Gasteiger partial charge in [-0.2, -0.15) is 5.48 Å². The molecular formula is C21H24F3IN4O5. The van der Waals surface area contributed by atoms with E-state index in [2.05, 4.69) is 16.1 Å². The topological polar surface area (TPSA) is 121 Å². The number of carbonyl (C=O) groups is 2. The van der Waals surface area contributed by atoms with Crippen molar-refractivity contribution in [1.82, 2.24) is 16.3 Å². The summed E-state index contributed by atoms with van der Waals surface area (Å²) < 4.78 is 45.3. The van der Waals surface area contributed by atoms with Crippen molar-refractivity contribution in [1.29, 1.82) is 0 Å². The number of rotatable bonds is 12. The first kappa shape index (κ1) is 27.8. The van der Waals surface area contributed by atoms with Crippen molar-refractivity contribution in [3.05, 3.63) is 56.4 Å². The first-order valence-electron chi connectivity index (χ1n) is 10.1.